The molecule has 4 heteroatoms. The zero-order valence-electron chi connectivity index (χ0n) is 11.1. The molecule has 2 aromatic rings. The molecule has 0 saturated heterocycles. The summed E-state index contributed by atoms with van der Waals surface area (Å²) in [7, 11) is 1.62. The van der Waals surface area contributed by atoms with Gasteiger partial charge in [0.2, 0.25) is 0 Å². The van der Waals surface area contributed by atoms with Crippen molar-refractivity contribution in [1.82, 2.24) is 0 Å². The van der Waals surface area contributed by atoms with Crippen LogP contribution >= 0.6 is 27.7 Å². The second-order valence-corrected chi connectivity index (χ2v) is 6.81. The van der Waals surface area contributed by atoms with Gasteiger partial charge in [0.15, 0.2) is 0 Å². The van der Waals surface area contributed by atoms with Gasteiger partial charge >= 0.3 is 0 Å². The fourth-order valence-electron chi connectivity index (χ4n) is 2.67. The van der Waals surface area contributed by atoms with E-state index < -0.39 is 5.60 Å². The second kappa shape index (κ2) is 5.53. The Bertz CT molecular complexity index is 644. The van der Waals surface area contributed by atoms with Crippen molar-refractivity contribution in [3.8, 4) is 0 Å². The van der Waals surface area contributed by atoms with Crippen LogP contribution in [0.2, 0.25) is 0 Å². The van der Waals surface area contributed by atoms with Crippen LogP contribution in [-0.4, -0.2) is 18.8 Å². The van der Waals surface area contributed by atoms with Gasteiger partial charge in [-0.3, -0.25) is 0 Å². The maximum atomic E-state index is 11.3. The first-order chi connectivity index (χ1) is 9.65. The molecule has 2 aromatic carbocycles. The van der Waals surface area contributed by atoms with Crippen molar-refractivity contribution in [1.29, 1.82) is 0 Å². The summed E-state index contributed by atoms with van der Waals surface area (Å²) in [6, 6.07) is 14.1. The number of methoxy groups -OCH3 is 1. The Morgan fingerprint density at radius 1 is 1.25 bits per heavy atom. The number of hydrogen-bond donors (Lipinski definition) is 1. The molecule has 2 nitrogen and oxygen atoms in total. The SMILES string of the molecule is COCC1(O)c2ccccc2CSc2ccc(Br)cc21. The smallest absolute Gasteiger partial charge is 0.139 e. The van der Waals surface area contributed by atoms with Crippen molar-refractivity contribution < 1.29 is 9.84 Å². The van der Waals surface area contributed by atoms with E-state index in [4.69, 9.17) is 4.74 Å². The Hall–Kier alpha value is -0.810. The standard InChI is InChI=1S/C16H15BrO2S/c1-19-10-16(18)13-5-3-2-4-11(13)9-20-15-7-6-12(17)8-14(15)16/h2-8,18H,9-10H2,1H3. The summed E-state index contributed by atoms with van der Waals surface area (Å²) >= 11 is 5.25. The highest BCUT2D eigenvalue weighted by molar-refractivity contribution is 9.10. The number of halogens is 1. The molecule has 0 aromatic heterocycles. The summed E-state index contributed by atoms with van der Waals surface area (Å²) < 4.78 is 6.28. The number of fused-ring (bicyclic) bond motifs is 2. The molecule has 3 rings (SSSR count). The minimum absolute atomic E-state index is 0.244. The summed E-state index contributed by atoms with van der Waals surface area (Å²) in [5.74, 6) is 0.858. The third-order valence-corrected chi connectivity index (χ3v) is 5.20. The first kappa shape index (κ1) is 14.1. The highest BCUT2D eigenvalue weighted by atomic mass is 79.9. The van der Waals surface area contributed by atoms with Crippen LogP contribution in [0.25, 0.3) is 0 Å². The molecule has 0 aliphatic carbocycles. The number of aliphatic hydroxyl groups is 1. The second-order valence-electron chi connectivity index (χ2n) is 4.88. The highest BCUT2D eigenvalue weighted by Gasteiger charge is 2.37. The summed E-state index contributed by atoms with van der Waals surface area (Å²) in [5.41, 5.74) is 1.90. The first-order valence-corrected chi connectivity index (χ1v) is 8.15. The molecule has 1 heterocycles. The van der Waals surface area contributed by atoms with Crippen molar-refractivity contribution >= 4 is 27.7 Å². The van der Waals surface area contributed by atoms with Gasteiger partial charge in [0.1, 0.15) is 5.60 Å². The molecule has 0 fully saturated rings. The fourth-order valence-corrected chi connectivity index (χ4v) is 4.14. The van der Waals surface area contributed by atoms with Crippen LogP contribution in [0, 0.1) is 0 Å². The van der Waals surface area contributed by atoms with E-state index in [1.807, 2.05) is 30.3 Å². The van der Waals surface area contributed by atoms with Gasteiger partial charge < -0.3 is 9.84 Å². The molecule has 104 valence electrons. The summed E-state index contributed by atoms with van der Waals surface area (Å²) in [5, 5.41) is 11.3. The zero-order valence-corrected chi connectivity index (χ0v) is 13.5. The molecule has 1 aliphatic heterocycles. The van der Waals surface area contributed by atoms with Crippen molar-refractivity contribution in [2.24, 2.45) is 0 Å². The Labute approximate surface area is 131 Å². The van der Waals surface area contributed by atoms with Crippen molar-refractivity contribution in [3.63, 3.8) is 0 Å². The van der Waals surface area contributed by atoms with Crippen LogP contribution in [0.3, 0.4) is 0 Å². The summed E-state index contributed by atoms with van der Waals surface area (Å²) in [4.78, 5) is 1.10. The topological polar surface area (TPSA) is 29.5 Å². The van der Waals surface area contributed by atoms with E-state index >= 15 is 0 Å². The van der Waals surface area contributed by atoms with Crippen molar-refractivity contribution in [3.05, 3.63) is 63.6 Å². The molecule has 20 heavy (non-hydrogen) atoms. The maximum absolute atomic E-state index is 11.3. The number of benzene rings is 2. The van der Waals surface area contributed by atoms with Gasteiger partial charge in [0, 0.05) is 27.8 Å². The van der Waals surface area contributed by atoms with Crippen LogP contribution in [0.4, 0.5) is 0 Å². The molecule has 0 bridgehead atoms. The van der Waals surface area contributed by atoms with Gasteiger partial charge in [-0.15, -0.1) is 11.8 Å². The van der Waals surface area contributed by atoms with E-state index in [0.717, 1.165) is 31.8 Å². The van der Waals surface area contributed by atoms with Crippen LogP contribution in [0.1, 0.15) is 16.7 Å². The van der Waals surface area contributed by atoms with E-state index in [1.165, 1.54) is 0 Å². The van der Waals surface area contributed by atoms with E-state index in [1.54, 1.807) is 18.9 Å². The molecule has 1 N–H and O–H groups in total. The minimum atomic E-state index is -1.10. The summed E-state index contributed by atoms with van der Waals surface area (Å²) in [6.07, 6.45) is 0. The lowest BCUT2D eigenvalue weighted by atomic mass is 9.84. The number of ether oxygens (including phenoxy) is 1. The Morgan fingerprint density at radius 2 is 2.05 bits per heavy atom. The molecular weight excluding hydrogens is 336 g/mol. The first-order valence-electron chi connectivity index (χ1n) is 6.37. The Balaban J connectivity index is 2.27. The van der Waals surface area contributed by atoms with E-state index in [2.05, 4.69) is 28.1 Å². The molecule has 1 atom stereocenters. The lowest BCUT2D eigenvalue weighted by Crippen LogP contribution is -2.33. The van der Waals surface area contributed by atoms with Crippen LogP contribution in [0.5, 0.6) is 0 Å². The molecule has 1 unspecified atom stereocenters. The minimum Gasteiger partial charge on any atom is -0.381 e. The monoisotopic (exact) mass is 350 g/mol. The number of hydrogen-bond acceptors (Lipinski definition) is 3. The highest BCUT2D eigenvalue weighted by Crippen LogP contribution is 2.44. The third kappa shape index (κ3) is 2.31. The third-order valence-electron chi connectivity index (χ3n) is 3.59. The van der Waals surface area contributed by atoms with Crippen LogP contribution < -0.4 is 0 Å². The van der Waals surface area contributed by atoms with Crippen LogP contribution in [-0.2, 0) is 16.1 Å². The fraction of sp³-hybridized carbons (Fsp3) is 0.250. The molecular formula is C16H15BrO2S. The molecule has 0 radical (unpaired) electrons. The van der Waals surface area contributed by atoms with Gasteiger partial charge in [-0.05, 0) is 29.3 Å². The molecule has 0 amide bonds. The van der Waals surface area contributed by atoms with Gasteiger partial charge in [-0.2, -0.15) is 0 Å². The number of thioether (sulfide) groups is 1. The van der Waals surface area contributed by atoms with Gasteiger partial charge in [-0.25, -0.2) is 0 Å². The largest absolute Gasteiger partial charge is 0.381 e. The quantitative estimate of drug-likeness (QED) is 0.889. The molecule has 0 saturated carbocycles. The lowest BCUT2D eigenvalue weighted by Gasteiger charge is -2.30. The average molecular weight is 351 g/mol. The molecule has 0 spiro atoms. The Morgan fingerprint density at radius 3 is 2.85 bits per heavy atom. The van der Waals surface area contributed by atoms with Gasteiger partial charge in [0.25, 0.3) is 0 Å². The van der Waals surface area contributed by atoms with Crippen LogP contribution in [0.15, 0.2) is 51.8 Å². The normalized spacial score (nSPS) is 20.9. The predicted octanol–water partition coefficient (Wildman–Crippen LogP) is 3.94. The van der Waals surface area contributed by atoms with Gasteiger partial charge in [-0.1, -0.05) is 40.2 Å². The van der Waals surface area contributed by atoms with E-state index in [9.17, 15) is 5.11 Å². The predicted molar refractivity (Wildman–Crippen MR) is 85.0 cm³/mol. The molecule has 1 aliphatic rings. The number of rotatable bonds is 2. The van der Waals surface area contributed by atoms with Crippen molar-refractivity contribution in [2.45, 2.75) is 16.2 Å². The average Bonchev–Trinajstić information content (AvgIpc) is 2.57. The van der Waals surface area contributed by atoms with E-state index in [0.29, 0.717) is 0 Å². The summed E-state index contributed by atoms with van der Waals surface area (Å²) in [6.45, 7) is 0.244. The van der Waals surface area contributed by atoms with Gasteiger partial charge in [0.05, 0.1) is 6.61 Å². The van der Waals surface area contributed by atoms with Crippen molar-refractivity contribution in [2.75, 3.05) is 13.7 Å². The zero-order chi connectivity index (χ0) is 14.2. The Kier molecular flexibility index (Phi) is 3.91. The lowest BCUT2D eigenvalue weighted by molar-refractivity contribution is -0.00536. The van der Waals surface area contributed by atoms with E-state index in [-0.39, 0.29) is 6.61 Å². The maximum Gasteiger partial charge on any atom is 0.139 e.